The molecule has 1 aromatic rings. The minimum atomic E-state index is -0.307. The Morgan fingerprint density at radius 1 is 1.24 bits per heavy atom. The Kier molecular flexibility index (Phi) is 5.76. The van der Waals surface area contributed by atoms with Gasteiger partial charge in [-0.15, -0.1) is 0 Å². The van der Waals surface area contributed by atoms with Crippen molar-refractivity contribution in [2.75, 3.05) is 26.2 Å². The van der Waals surface area contributed by atoms with E-state index >= 15 is 0 Å². The van der Waals surface area contributed by atoms with E-state index in [1.165, 1.54) is 5.56 Å². The third kappa shape index (κ3) is 4.55. The normalized spacial score (nSPS) is 18.4. The standard InChI is InChI=1S/C17H27N3O/c1-13(2)12-14-4-6-15(7-5-14)16(17(18)21)20-10-3-8-19-9-11-20/h4-7,13,16,19H,3,8-12H2,1-2H3,(H2,18,21). The van der Waals surface area contributed by atoms with Crippen LogP contribution < -0.4 is 11.1 Å². The number of amides is 1. The Bertz CT molecular complexity index is 448. The van der Waals surface area contributed by atoms with Gasteiger partial charge in [0, 0.05) is 19.6 Å². The summed E-state index contributed by atoms with van der Waals surface area (Å²) in [4.78, 5) is 14.1. The van der Waals surface area contributed by atoms with Crippen LogP contribution in [-0.2, 0) is 11.2 Å². The minimum absolute atomic E-state index is 0.256. The largest absolute Gasteiger partial charge is 0.368 e. The van der Waals surface area contributed by atoms with Crippen LogP contribution in [0.1, 0.15) is 37.4 Å². The Morgan fingerprint density at radius 2 is 1.95 bits per heavy atom. The van der Waals surface area contributed by atoms with E-state index < -0.39 is 0 Å². The highest BCUT2D eigenvalue weighted by atomic mass is 16.1. The van der Waals surface area contributed by atoms with Crippen molar-refractivity contribution in [1.29, 1.82) is 0 Å². The molecule has 116 valence electrons. The summed E-state index contributed by atoms with van der Waals surface area (Å²) >= 11 is 0. The molecule has 2 rings (SSSR count). The first-order chi connectivity index (χ1) is 10.1. The van der Waals surface area contributed by atoms with Gasteiger partial charge >= 0.3 is 0 Å². The second-order valence-electron chi connectivity index (χ2n) is 6.28. The number of carbonyl (C=O) groups excluding carboxylic acids is 1. The Morgan fingerprint density at radius 3 is 2.57 bits per heavy atom. The molecule has 1 amide bonds. The van der Waals surface area contributed by atoms with Crippen molar-refractivity contribution in [3.05, 3.63) is 35.4 Å². The number of carbonyl (C=O) groups is 1. The predicted molar refractivity (Wildman–Crippen MR) is 86.0 cm³/mol. The first-order valence-corrected chi connectivity index (χ1v) is 7.91. The van der Waals surface area contributed by atoms with E-state index in [2.05, 4.69) is 48.3 Å². The molecule has 1 aliphatic heterocycles. The molecule has 1 fully saturated rings. The predicted octanol–water partition coefficient (Wildman–Crippen LogP) is 1.71. The quantitative estimate of drug-likeness (QED) is 0.867. The van der Waals surface area contributed by atoms with Crippen LogP contribution >= 0.6 is 0 Å². The average molecular weight is 289 g/mol. The second kappa shape index (κ2) is 7.57. The van der Waals surface area contributed by atoms with Crippen LogP contribution in [0.25, 0.3) is 0 Å². The molecule has 1 unspecified atom stereocenters. The van der Waals surface area contributed by atoms with Crippen molar-refractivity contribution >= 4 is 5.91 Å². The molecule has 1 heterocycles. The number of rotatable bonds is 5. The van der Waals surface area contributed by atoms with E-state index in [0.29, 0.717) is 5.92 Å². The van der Waals surface area contributed by atoms with E-state index in [4.69, 9.17) is 5.73 Å². The molecule has 1 aliphatic rings. The zero-order valence-electron chi connectivity index (χ0n) is 13.1. The zero-order valence-corrected chi connectivity index (χ0v) is 13.1. The maximum Gasteiger partial charge on any atom is 0.239 e. The Hall–Kier alpha value is -1.39. The van der Waals surface area contributed by atoms with Crippen LogP contribution in [-0.4, -0.2) is 37.0 Å². The number of nitrogens with zero attached hydrogens (tertiary/aromatic N) is 1. The van der Waals surface area contributed by atoms with Crippen LogP contribution in [0.3, 0.4) is 0 Å². The number of nitrogens with two attached hydrogens (primary N) is 1. The van der Waals surface area contributed by atoms with Crippen molar-refractivity contribution in [1.82, 2.24) is 10.2 Å². The summed E-state index contributed by atoms with van der Waals surface area (Å²) in [5.74, 6) is 0.382. The molecule has 0 aliphatic carbocycles. The van der Waals surface area contributed by atoms with Crippen LogP contribution in [0, 0.1) is 5.92 Å². The molecule has 0 bridgehead atoms. The molecule has 0 aromatic heterocycles. The molecule has 0 radical (unpaired) electrons. The number of hydrogen-bond donors (Lipinski definition) is 2. The molecular formula is C17H27N3O. The first-order valence-electron chi connectivity index (χ1n) is 7.91. The summed E-state index contributed by atoms with van der Waals surface area (Å²) in [5.41, 5.74) is 7.99. The van der Waals surface area contributed by atoms with Gasteiger partial charge in [0.2, 0.25) is 5.91 Å². The lowest BCUT2D eigenvalue weighted by atomic mass is 9.98. The van der Waals surface area contributed by atoms with Crippen molar-refractivity contribution in [3.8, 4) is 0 Å². The van der Waals surface area contributed by atoms with Crippen LogP contribution in [0.2, 0.25) is 0 Å². The highest BCUT2D eigenvalue weighted by molar-refractivity contribution is 5.81. The second-order valence-corrected chi connectivity index (χ2v) is 6.28. The lowest BCUT2D eigenvalue weighted by molar-refractivity contribution is -0.123. The van der Waals surface area contributed by atoms with Gasteiger partial charge in [-0.3, -0.25) is 9.69 Å². The van der Waals surface area contributed by atoms with Gasteiger partial charge in [-0.2, -0.15) is 0 Å². The van der Waals surface area contributed by atoms with E-state index in [1.54, 1.807) is 0 Å². The van der Waals surface area contributed by atoms with Crippen LogP contribution in [0.15, 0.2) is 24.3 Å². The summed E-state index contributed by atoms with van der Waals surface area (Å²) in [5, 5.41) is 3.36. The fourth-order valence-corrected chi connectivity index (χ4v) is 2.99. The molecule has 21 heavy (non-hydrogen) atoms. The topological polar surface area (TPSA) is 58.4 Å². The number of benzene rings is 1. The highest BCUT2D eigenvalue weighted by Gasteiger charge is 2.26. The number of nitrogens with one attached hydrogen (secondary N) is 1. The maximum absolute atomic E-state index is 11.9. The molecule has 0 saturated carbocycles. The van der Waals surface area contributed by atoms with Gasteiger partial charge in [-0.05, 0) is 36.4 Å². The molecule has 4 nitrogen and oxygen atoms in total. The fourth-order valence-electron chi connectivity index (χ4n) is 2.99. The van der Waals surface area contributed by atoms with Gasteiger partial charge in [0.1, 0.15) is 6.04 Å². The Balaban J connectivity index is 2.15. The van der Waals surface area contributed by atoms with E-state index in [0.717, 1.165) is 44.6 Å². The molecule has 1 atom stereocenters. The van der Waals surface area contributed by atoms with Gasteiger partial charge in [-0.1, -0.05) is 38.1 Å². The van der Waals surface area contributed by atoms with Gasteiger partial charge in [0.15, 0.2) is 0 Å². The zero-order chi connectivity index (χ0) is 15.2. The third-order valence-corrected chi connectivity index (χ3v) is 3.95. The number of hydrogen-bond acceptors (Lipinski definition) is 3. The van der Waals surface area contributed by atoms with Crippen LogP contribution in [0.5, 0.6) is 0 Å². The highest BCUT2D eigenvalue weighted by Crippen LogP contribution is 2.22. The van der Waals surface area contributed by atoms with Crippen molar-refractivity contribution in [2.45, 2.75) is 32.7 Å². The minimum Gasteiger partial charge on any atom is -0.368 e. The summed E-state index contributed by atoms with van der Waals surface area (Å²) in [6.07, 6.45) is 2.12. The molecule has 4 heteroatoms. The summed E-state index contributed by atoms with van der Waals surface area (Å²) in [7, 11) is 0. The van der Waals surface area contributed by atoms with Crippen molar-refractivity contribution in [2.24, 2.45) is 11.7 Å². The van der Waals surface area contributed by atoms with Gasteiger partial charge in [-0.25, -0.2) is 0 Å². The number of primary amides is 1. The summed E-state index contributed by atoms with van der Waals surface area (Å²) in [6.45, 7) is 8.12. The maximum atomic E-state index is 11.9. The molecule has 1 saturated heterocycles. The van der Waals surface area contributed by atoms with Crippen molar-refractivity contribution in [3.63, 3.8) is 0 Å². The molecule has 1 aromatic carbocycles. The van der Waals surface area contributed by atoms with Gasteiger partial charge < -0.3 is 11.1 Å². The van der Waals surface area contributed by atoms with E-state index in [-0.39, 0.29) is 11.9 Å². The molecule has 3 N–H and O–H groups in total. The molecule has 0 spiro atoms. The molecular weight excluding hydrogens is 262 g/mol. The smallest absolute Gasteiger partial charge is 0.239 e. The van der Waals surface area contributed by atoms with Crippen molar-refractivity contribution < 1.29 is 4.79 Å². The summed E-state index contributed by atoms with van der Waals surface area (Å²) < 4.78 is 0. The van der Waals surface area contributed by atoms with Gasteiger partial charge in [0.25, 0.3) is 0 Å². The SMILES string of the molecule is CC(C)Cc1ccc(C(C(N)=O)N2CCCNCC2)cc1. The summed E-state index contributed by atoms with van der Waals surface area (Å²) in [6, 6.07) is 8.07. The lowest BCUT2D eigenvalue weighted by Crippen LogP contribution is -2.39. The van der Waals surface area contributed by atoms with Gasteiger partial charge in [0.05, 0.1) is 0 Å². The average Bonchev–Trinajstić information content (AvgIpc) is 2.69. The lowest BCUT2D eigenvalue weighted by Gasteiger charge is -2.28. The fraction of sp³-hybridized carbons (Fsp3) is 0.588. The van der Waals surface area contributed by atoms with Crippen LogP contribution in [0.4, 0.5) is 0 Å². The van der Waals surface area contributed by atoms with E-state index in [1.807, 2.05) is 0 Å². The first kappa shape index (κ1) is 16.0. The van der Waals surface area contributed by atoms with E-state index in [9.17, 15) is 4.79 Å². The Labute approximate surface area is 127 Å². The monoisotopic (exact) mass is 289 g/mol. The third-order valence-electron chi connectivity index (χ3n) is 3.95.